The summed E-state index contributed by atoms with van der Waals surface area (Å²) in [6, 6.07) is -2.58. The number of nitrogens with one attached hydrogen (secondary N) is 1. The van der Waals surface area contributed by atoms with Crippen LogP contribution >= 0.6 is 0 Å². The molecule has 10 heteroatoms. The van der Waals surface area contributed by atoms with Gasteiger partial charge in [0.2, 0.25) is 15.9 Å². The van der Waals surface area contributed by atoms with Gasteiger partial charge in [0, 0.05) is 6.54 Å². The summed E-state index contributed by atoms with van der Waals surface area (Å²) in [7, 11) is -3.59. The molecule has 21 heavy (non-hydrogen) atoms. The van der Waals surface area contributed by atoms with E-state index in [-0.39, 0.29) is 13.0 Å². The monoisotopic (exact) mass is 322 g/mol. The fourth-order valence-electron chi connectivity index (χ4n) is 2.21. The number of hydrogen-bond acceptors (Lipinski definition) is 5. The van der Waals surface area contributed by atoms with Crippen molar-refractivity contribution in [3.8, 4) is 0 Å². The van der Waals surface area contributed by atoms with Gasteiger partial charge in [0.25, 0.3) is 0 Å². The average Bonchev–Trinajstić information content (AvgIpc) is 2.36. The first kappa shape index (κ1) is 17.4. The molecule has 1 aliphatic rings. The van der Waals surface area contributed by atoms with Crippen LogP contribution in [0.25, 0.3) is 0 Å². The van der Waals surface area contributed by atoms with Gasteiger partial charge in [-0.25, -0.2) is 13.2 Å². The first-order chi connectivity index (χ1) is 9.62. The van der Waals surface area contributed by atoms with Crippen molar-refractivity contribution < 1.29 is 33.0 Å². The van der Waals surface area contributed by atoms with Gasteiger partial charge in [0.15, 0.2) is 0 Å². The van der Waals surface area contributed by atoms with Gasteiger partial charge in [0.05, 0.1) is 12.7 Å². The molecule has 0 bridgehead atoms. The van der Waals surface area contributed by atoms with E-state index in [0.717, 1.165) is 10.6 Å². The van der Waals surface area contributed by atoms with Crippen molar-refractivity contribution >= 4 is 27.9 Å². The van der Waals surface area contributed by atoms with Crippen molar-refractivity contribution in [2.45, 2.75) is 37.8 Å². The number of amides is 1. The number of rotatable bonds is 6. The topological polar surface area (TPSA) is 141 Å². The third-order valence-corrected chi connectivity index (χ3v) is 4.46. The van der Waals surface area contributed by atoms with Gasteiger partial charge in [-0.1, -0.05) is 6.42 Å². The highest BCUT2D eigenvalue weighted by Crippen LogP contribution is 2.20. The van der Waals surface area contributed by atoms with Crippen LogP contribution in [0.15, 0.2) is 0 Å². The van der Waals surface area contributed by atoms with Crippen LogP contribution in [0.2, 0.25) is 0 Å². The molecule has 0 spiro atoms. The van der Waals surface area contributed by atoms with Crippen LogP contribution in [-0.4, -0.2) is 65.7 Å². The molecular formula is C11H18N2O7S. The number of carbonyl (C=O) groups excluding carboxylic acids is 1. The van der Waals surface area contributed by atoms with Crippen LogP contribution in [0.4, 0.5) is 0 Å². The highest BCUT2D eigenvalue weighted by atomic mass is 32.2. The van der Waals surface area contributed by atoms with E-state index in [2.05, 4.69) is 5.32 Å². The number of nitrogens with zero attached hydrogens (tertiary/aromatic N) is 1. The predicted octanol–water partition coefficient (Wildman–Crippen LogP) is -1.16. The van der Waals surface area contributed by atoms with E-state index in [1.54, 1.807) is 0 Å². The first-order valence-corrected chi connectivity index (χ1v) is 8.19. The Balaban J connectivity index is 2.84. The number of piperidine rings is 1. The molecule has 2 atom stereocenters. The fourth-order valence-corrected chi connectivity index (χ4v) is 3.33. The van der Waals surface area contributed by atoms with Crippen LogP contribution in [-0.2, 0) is 24.4 Å². The lowest BCUT2D eigenvalue weighted by molar-refractivity contribution is -0.147. The maximum atomic E-state index is 12.1. The average molecular weight is 322 g/mol. The molecule has 0 aromatic carbocycles. The van der Waals surface area contributed by atoms with Crippen LogP contribution in [0, 0.1) is 0 Å². The smallest absolute Gasteiger partial charge is 0.326 e. The second-order valence-corrected chi connectivity index (χ2v) is 6.82. The molecule has 2 unspecified atom stereocenters. The molecule has 1 heterocycles. The standard InChI is InChI=1S/C11H18N2O7S/c1-21(19,20)13-5-3-2-4-8(13)10(16)12-7(11(17)18)6-9(14)15/h7-8H,2-6H2,1H3,(H,12,16)(H,14,15)(H,17,18). The molecule has 1 aliphatic heterocycles. The van der Waals surface area contributed by atoms with E-state index in [1.165, 1.54) is 0 Å². The van der Waals surface area contributed by atoms with Crippen molar-refractivity contribution in [2.75, 3.05) is 12.8 Å². The summed E-state index contributed by atoms with van der Waals surface area (Å²) in [5.41, 5.74) is 0. The lowest BCUT2D eigenvalue weighted by Gasteiger charge is -2.33. The number of carboxylic acids is 2. The minimum Gasteiger partial charge on any atom is -0.481 e. The quantitative estimate of drug-likeness (QED) is 0.560. The van der Waals surface area contributed by atoms with Crippen molar-refractivity contribution in [3.63, 3.8) is 0 Å². The maximum absolute atomic E-state index is 12.1. The van der Waals surface area contributed by atoms with E-state index >= 15 is 0 Å². The summed E-state index contributed by atoms with van der Waals surface area (Å²) >= 11 is 0. The molecular weight excluding hydrogens is 304 g/mol. The van der Waals surface area contributed by atoms with Gasteiger partial charge in [-0.3, -0.25) is 9.59 Å². The summed E-state index contributed by atoms with van der Waals surface area (Å²) in [6.07, 6.45) is 1.74. The third kappa shape index (κ3) is 4.97. The zero-order valence-electron chi connectivity index (χ0n) is 11.5. The van der Waals surface area contributed by atoms with Crippen LogP contribution < -0.4 is 5.32 Å². The lowest BCUT2D eigenvalue weighted by Crippen LogP contribution is -2.55. The molecule has 0 aliphatic carbocycles. The maximum Gasteiger partial charge on any atom is 0.326 e. The number of aliphatic carboxylic acids is 2. The van der Waals surface area contributed by atoms with E-state index in [9.17, 15) is 22.8 Å². The predicted molar refractivity (Wildman–Crippen MR) is 71.0 cm³/mol. The first-order valence-electron chi connectivity index (χ1n) is 6.34. The summed E-state index contributed by atoms with van der Waals surface area (Å²) in [6.45, 7) is 0.188. The number of hydrogen-bond donors (Lipinski definition) is 3. The minimum absolute atomic E-state index is 0.188. The molecule has 0 saturated carbocycles. The second kappa shape index (κ2) is 6.85. The molecule has 0 aromatic rings. The normalized spacial score (nSPS) is 21.5. The molecule has 3 N–H and O–H groups in total. The van der Waals surface area contributed by atoms with E-state index < -0.39 is 46.4 Å². The fraction of sp³-hybridized carbons (Fsp3) is 0.727. The second-order valence-electron chi connectivity index (χ2n) is 4.88. The summed E-state index contributed by atoms with van der Waals surface area (Å²) < 4.78 is 24.3. The van der Waals surface area contributed by atoms with Gasteiger partial charge in [-0.05, 0) is 12.8 Å². The molecule has 1 saturated heterocycles. The highest BCUT2D eigenvalue weighted by Gasteiger charge is 2.36. The van der Waals surface area contributed by atoms with Crippen molar-refractivity contribution in [1.29, 1.82) is 0 Å². The van der Waals surface area contributed by atoms with Crippen molar-refractivity contribution in [1.82, 2.24) is 9.62 Å². The number of carboxylic acid groups (broad SMARTS) is 2. The number of sulfonamides is 1. The van der Waals surface area contributed by atoms with Gasteiger partial charge in [-0.2, -0.15) is 4.31 Å². The summed E-state index contributed by atoms with van der Waals surface area (Å²) in [4.78, 5) is 33.6. The molecule has 120 valence electrons. The zero-order valence-corrected chi connectivity index (χ0v) is 12.3. The SMILES string of the molecule is CS(=O)(=O)N1CCCCC1C(=O)NC(CC(=O)O)C(=O)O. The van der Waals surface area contributed by atoms with Gasteiger partial charge >= 0.3 is 11.9 Å². The molecule has 1 amide bonds. The Kier molecular flexibility index (Phi) is 5.67. The summed E-state index contributed by atoms with van der Waals surface area (Å²) in [5, 5.41) is 19.6. The highest BCUT2D eigenvalue weighted by molar-refractivity contribution is 7.88. The Morgan fingerprint density at radius 2 is 1.90 bits per heavy atom. The Morgan fingerprint density at radius 1 is 1.29 bits per heavy atom. The van der Waals surface area contributed by atoms with Gasteiger partial charge in [0.1, 0.15) is 12.1 Å². The van der Waals surface area contributed by atoms with Crippen LogP contribution in [0.5, 0.6) is 0 Å². The van der Waals surface area contributed by atoms with E-state index in [4.69, 9.17) is 10.2 Å². The lowest BCUT2D eigenvalue weighted by atomic mass is 10.0. The molecule has 9 nitrogen and oxygen atoms in total. The molecule has 1 fully saturated rings. The van der Waals surface area contributed by atoms with Crippen LogP contribution in [0.3, 0.4) is 0 Å². The Hall–Kier alpha value is -1.68. The zero-order chi connectivity index (χ0) is 16.2. The largest absolute Gasteiger partial charge is 0.481 e. The van der Waals surface area contributed by atoms with E-state index in [0.29, 0.717) is 12.8 Å². The van der Waals surface area contributed by atoms with Gasteiger partial charge in [-0.15, -0.1) is 0 Å². The van der Waals surface area contributed by atoms with E-state index in [1.807, 2.05) is 0 Å². The van der Waals surface area contributed by atoms with Crippen molar-refractivity contribution in [3.05, 3.63) is 0 Å². The van der Waals surface area contributed by atoms with Gasteiger partial charge < -0.3 is 15.5 Å². The number of carbonyl (C=O) groups is 3. The Bertz CT molecular complexity index is 531. The molecule has 0 radical (unpaired) electrons. The van der Waals surface area contributed by atoms with Crippen molar-refractivity contribution in [2.24, 2.45) is 0 Å². The minimum atomic E-state index is -3.59. The third-order valence-electron chi connectivity index (χ3n) is 3.18. The Labute approximate surface area is 122 Å². The molecule has 1 rings (SSSR count). The van der Waals surface area contributed by atoms with Crippen LogP contribution in [0.1, 0.15) is 25.7 Å². The summed E-state index contributed by atoms with van der Waals surface area (Å²) in [5.74, 6) is -3.63. The Morgan fingerprint density at radius 3 is 2.38 bits per heavy atom. The molecule has 0 aromatic heterocycles.